The molecule has 17 heavy (non-hydrogen) atoms. The highest BCUT2D eigenvalue weighted by atomic mass is 35.5. The van der Waals surface area contributed by atoms with E-state index in [-0.39, 0.29) is 6.10 Å². The topological polar surface area (TPSA) is 32.3 Å². The van der Waals surface area contributed by atoms with Crippen LogP contribution in [-0.2, 0) is 6.54 Å². The molecular weight excluding hydrogens is 234 g/mol. The van der Waals surface area contributed by atoms with Crippen LogP contribution in [0, 0.1) is 12.8 Å². The van der Waals surface area contributed by atoms with E-state index in [1.165, 1.54) is 5.56 Å². The van der Waals surface area contributed by atoms with Gasteiger partial charge in [-0.1, -0.05) is 23.7 Å². The van der Waals surface area contributed by atoms with Crippen LogP contribution in [0.1, 0.15) is 30.4 Å². The van der Waals surface area contributed by atoms with Crippen molar-refractivity contribution >= 4 is 11.6 Å². The number of aliphatic hydroxyl groups excluding tert-OH is 1. The molecule has 0 spiro atoms. The Kier molecular flexibility index (Phi) is 4.43. The van der Waals surface area contributed by atoms with Crippen LogP contribution in [0.2, 0.25) is 5.02 Å². The SMILES string of the molecule is Cc1ccc(CNCC2CCC(O)C2)cc1Cl. The Morgan fingerprint density at radius 3 is 2.88 bits per heavy atom. The first-order valence-electron chi connectivity index (χ1n) is 6.29. The average Bonchev–Trinajstić information content (AvgIpc) is 2.70. The van der Waals surface area contributed by atoms with Crippen molar-refractivity contribution in [3.8, 4) is 0 Å². The van der Waals surface area contributed by atoms with Crippen LogP contribution in [0.15, 0.2) is 18.2 Å². The lowest BCUT2D eigenvalue weighted by Gasteiger charge is -2.11. The minimum atomic E-state index is -0.0735. The summed E-state index contributed by atoms with van der Waals surface area (Å²) in [4.78, 5) is 0. The summed E-state index contributed by atoms with van der Waals surface area (Å²) in [6.07, 6.45) is 2.98. The predicted molar refractivity (Wildman–Crippen MR) is 71.2 cm³/mol. The van der Waals surface area contributed by atoms with Gasteiger partial charge in [-0.15, -0.1) is 0 Å². The highest BCUT2D eigenvalue weighted by molar-refractivity contribution is 6.31. The van der Waals surface area contributed by atoms with Gasteiger partial charge in [0.1, 0.15) is 0 Å². The fraction of sp³-hybridized carbons (Fsp3) is 0.571. The van der Waals surface area contributed by atoms with E-state index < -0.39 is 0 Å². The quantitative estimate of drug-likeness (QED) is 0.865. The van der Waals surface area contributed by atoms with Gasteiger partial charge in [0.05, 0.1) is 6.10 Å². The van der Waals surface area contributed by atoms with E-state index in [2.05, 4.69) is 17.4 Å². The van der Waals surface area contributed by atoms with E-state index in [4.69, 9.17) is 11.6 Å². The van der Waals surface area contributed by atoms with Gasteiger partial charge in [0.2, 0.25) is 0 Å². The molecule has 0 heterocycles. The van der Waals surface area contributed by atoms with E-state index in [1.807, 2.05) is 13.0 Å². The molecule has 1 aliphatic carbocycles. The average molecular weight is 254 g/mol. The fourth-order valence-electron chi connectivity index (χ4n) is 2.40. The van der Waals surface area contributed by atoms with Crippen LogP contribution in [-0.4, -0.2) is 17.8 Å². The summed E-state index contributed by atoms with van der Waals surface area (Å²) in [6, 6.07) is 6.18. The van der Waals surface area contributed by atoms with Crippen molar-refractivity contribution in [3.05, 3.63) is 34.3 Å². The molecule has 1 fully saturated rings. The maximum absolute atomic E-state index is 9.44. The van der Waals surface area contributed by atoms with Crippen molar-refractivity contribution < 1.29 is 5.11 Å². The van der Waals surface area contributed by atoms with E-state index in [0.29, 0.717) is 5.92 Å². The molecule has 1 aromatic rings. The first-order chi connectivity index (χ1) is 8.15. The zero-order valence-electron chi connectivity index (χ0n) is 10.2. The van der Waals surface area contributed by atoms with Gasteiger partial charge in [-0.25, -0.2) is 0 Å². The van der Waals surface area contributed by atoms with Gasteiger partial charge in [0, 0.05) is 11.6 Å². The second-order valence-electron chi connectivity index (χ2n) is 5.05. The molecule has 0 saturated heterocycles. The van der Waals surface area contributed by atoms with E-state index in [0.717, 1.165) is 42.9 Å². The van der Waals surface area contributed by atoms with Crippen LogP contribution < -0.4 is 5.32 Å². The summed E-state index contributed by atoms with van der Waals surface area (Å²) in [6.45, 7) is 3.86. The van der Waals surface area contributed by atoms with Crippen molar-refractivity contribution in [2.75, 3.05) is 6.54 Å². The molecule has 0 radical (unpaired) electrons. The Bertz CT molecular complexity index is 380. The Hall–Kier alpha value is -0.570. The van der Waals surface area contributed by atoms with Crippen molar-refractivity contribution in [2.24, 2.45) is 5.92 Å². The van der Waals surface area contributed by atoms with Crippen LogP contribution >= 0.6 is 11.6 Å². The minimum absolute atomic E-state index is 0.0735. The number of hydrogen-bond donors (Lipinski definition) is 2. The number of benzene rings is 1. The van der Waals surface area contributed by atoms with Gasteiger partial charge in [-0.2, -0.15) is 0 Å². The summed E-state index contributed by atoms with van der Waals surface area (Å²) in [5, 5.41) is 13.7. The molecule has 0 aliphatic heterocycles. The number of halogens is 1. The smallest absolute Gasteiger partial charge is 0.0543 e. The molecular formula is C14H20ClNO. The van der Waals surface area contributed by atoms with Gasteiger partial charge in [-0.3, -0.25) is 0 Å². The normalized spacial score (nSPS) is 24.2. The third-order valence-corrected chi connectivity index (χ3v) is 3.92. The Balaban J connectivity index is 1.76. The number of aliphatic hydroxyl groups is 1. The lowest BCUT2D eigenvalue weighted by molar-refractivity contribution is 0.177. The maximum Gasteiger partial charge on any atom is 0.0543 e. The van der Waals surface area contributed by atoms with Gasteiger partial charge in [-0.05, 0) is 55.8 Å². The number of hydrogen-bond acceptors (Lipinski definition) is 2. The van der Waals surface area contributed by atoms with E-state index in [1.54, 1.807) is 0 Å². The monoisotopic (exact) mass is 253 g/mol. The minimum Gasteiger partial charge on any atom is -0.393 e. The fourth-order valence-corrected chi connectivity index (χ4v) is 2.60. The first-order valence-corrected chi connectivity index (χ1v) is 6.67. The maximum atomic E-state index is 9.44. The van der Waals surface area contributed by atoms with Gasteiger partial charge in [0.25, 0.3) is 0 Å². The van der Waals surface area contributed by atoms with Crippen LogP contribution in [0.4, 0.5) is 0 Å². The highest BCUT2D eigenvalue weighted by Crippen LogP contribution is 2.24. The van der Waals surface area contributed by atoms with E-state index in [9.17, 15) is 5.11 Å². The first kappa shape index (κ1) is 12.9. The zero-order valence-corrected chi connectivity index (χ0v) is 11.0. The molecule has 2 nitrogen and oxygen atoms in total. The summed E-state index contributed by atoms with van der Waals surface area (Å²) in [5.41, 5.74) is 2.34. The lowest BCUT2D eigenvalue weighted by Crippen LogP contribution is -2.21. The second kappa shape index (κ2) is 5.85. The highest BCUT2D eigenvalue weighted by Gasteiger charge is 2.21. The third-order valence-electron chi connectivity index (χ3n) is 3.51. The zero-order chi connectivity index (χ0) is 12.3. The van der Waals surface area contributed by atoms with Crippen LogP contribution in [0.5, 0.6) is 0 Å². The van der Waals surface area contributed by atoms with Crippen molar-refractivity contribution in [1.29, 1.82) is 0 Å². The Labute approximate surface area is 108 Å². The van der Waals surface area contributed by atoms with E-state index >= 15 is 0 Å². The molecule has 0 bridgehead atoms. The number of aryl methyl sites for hydroxylation is 1. The molecule has 2 atom stereocenters. The molecule has 1 saturated carbocycles. The van der Waals surface area contributed by atoms with Crippen molar-refractivity contribution in [1.82, 2.24) is 5.32 Å². The molecule has 2 N–H and O–H groups in total. The van der Waals surface area contributed by atoms with Gasteiger partial charge >= 0.3 is 0 Å². The second-order valence-corrected chi connectivity index (χ2v) is 5.45. The molecule has 94 valence electrons. The summed E-state index contributed by atoms with van der Waals surface area (Å²) < 4.78 is 0. The summed E-state index contributed by atoms with van der Waals surface area (Å²) >= 11 is 6.08. The predicted octanol–water partition coefficient (Wildman–Crippen LogP) is 2.90. The molecule has 3 heteroatoms. The molecule has 0 aromatic heterocycles. The third kappa shape index (κ3) is 3.70. The molecule has 0 amide bonds. The summed E-state index contributed by atoms with van der Waals surface area (Å²) in [7, 11) is 0. The Morgan fingerprint density at radius 1 is 1.41 bits per heavy atom. The molecule has 2 unspecified atom stereocenters. The summed E-state index contributed by atoms with van der Waals surface area (Å²) in [5.74, 6) is 0.630. The van der Waals surface area contributed by atoms with Crippen LogP contribution in [0.25, 0.3) is 0 Å². The molecule has 1 aliphatic rings. The molecule has 1 aromatic carbocycles. The van der Waals surface area contributed by atoms with Crippen molar-refractivity contribution in [3.63, 3.8) is 0 Å². The van der Waals surface area contributed by atoms with Gasteiger partial charge < -0.3 is 10.4 Å². The lowest BCUT2D eigenvalue weighted by atomic mass is 10.1. The standard InChI is InChI=1S/C14H20ClNO/c1-10-2-3-12(7-14(10)15)9-16-8-11-4-5-13(17)6-11/h2-3,7,11,13,16-17H,4-6,8-9H2,1H3. The largest absolute Gasteiger partial charge is 0.393 e. The molecule has 2 rings (SSSR count). The van der Waals surface area contributed by atoms with Crippen molar-refractivity contribution in [2.45, 2.75) is 38.8 Å². The number of rotatable bonds is 4. The Morgan fingerprint density at radius 2 is 2.24 bits per heavy atom. The van der Waals surface area contributed by atoms with Crippen LogP contribution in [0.3, 0.4) is 0 Å². The van der Waals surface area contributed by atoms with Gasteiger partial charge in [0.15, 0.2) is 0 Å². The number of nitrogens with one attached hydrogen (secondary N) is 1.